The predicted molar refractivity (Wildman–Crippen MR) is 128 cm³/mol. The Labute approximate surface area is 199 Å². The van der Waals surface area contributed by atoms with Crippen LogP contribution in [0.25, 0.3) is 11.1 Å². The normalized spacial score (nSPS) is 20.6. The SMILES string of the molecule is CCC(C)(CNC(=O)[C@@H]1CC[C@H](NC(=O)OCC2c3ccccc3-c3ccccc32)C1)C(=O)O. The molecule has 0 saturated heterocycles. The van der Waals surface area contributed by atoms with Gasteiger partial charge in [0.1, 0.15) is 6.61 Å². The van der Waals surface area contributed by atoms with Crippen LogP contribution in [0.4, 0.5) is 4.79 Å². The Morgan fingerprint density at radius 3 is 2.24 bits per heavy atom. The molecule has 1 unspecified atom stereocenters. The van der Waals surface area contributed by atoms with Crippen molar-refractivity contribution >= 4 is 18.0 Å². The number of amides is 2. The van der Waals surface area contributed by atoms with E-state index in [-0.39, 0.29) is 36.9 Å². The van der Waals surface area contributed by atoms with Crippen LogP contribution in [-0.2, 0) is 14.3 Å². The van der Waals surface area contributed by atoms with E-state index >= 15 is 0 Å². The van der Waals surface area contributed by atoms with Crippen molar-refractivity contribution in [1.82, 2.24) is 10.6 Å². The summed E-state index contributed by atoms with van der Waals surface area (Å²) < 4.78 is 5.61. The van der Waals surface area contributed by atoms with Crippen LogP contribution < -0.4 is 10.6 Å². The number of carboxylic acids is 1. The maximum absolute atomic E-state index is 12.5. The maximum Gasteiger partial charge on any atom is 0.407 e. The van der Waals surface area contributed by atoms with Gasteiger partial charge in [-0.2, -0.15) is 0 Å². The van der Waals surface area contributed by atoms with Crippen molar-refractivity contribution in [3.05, 3.63) is 59.7 Å². The third-order valence-electron chi connectivity index (χ3n) is 7.42. The number of carboxylic acid groups (broad SMARTS) is 1. The molecule has 7 heteroatoms. The first-order valence-corrected chi connectivity index (χ1v) is 11.9. The van der Waals surface area contributed by atoms with E-state index < -0.39 is 17.5 Å². The van der Waals surface area contributed by atoms with Crippen molar-refractivity contribution in [2.45, 2.75) is 51.5 Å². The van der Waals surface area contributed by atoms with Crippen molar-refractivity contribution in [3.63, 3.8) is 0 Å². The highest BCUT2D eigenvalue weighted by atomic mass is 16.5. The number of nitrogens with one attached hydrogen (secondary N) is 2. The van der Waals surface area contributed by atoms with Gasteiger partial charge in [-0.3, -0.25) is 9.59 Å². The summed E-state index contributed by atoms with van der Waals surface area (Å²) in [6, 6.07) is 16.2. The molecule has 2 aliphatic carbocycles. The highest BCUT2D eigenvalue weighted by Gasteiger charge is 2.35. The Balaban J connectivity index is 1.27. The van der Waals surface area contributed by atoms with Crippen LogP contribution in [0.5, 0.6) is 0 Å². The van der Waals surface area contributed by atoms with Crippen LogP contribution in [0.15, 0.2) is 48.5 Å². The van der Waals surface area contributed by atoms with Crippen molar-refractivity contribution in [2.24, 2.45) is 11.3 Å². The summed E-state index contributed by atoms with van der Waals surface area (Å²) in [5.74, 6) is -1.31. The molecule has 2 aliphatic rings. The van der Waals surface area contributed by atoms with Crippen LogP contribution >= 0.6 is 0 Å². The highest BCUT2D eigenvalue weighted by molar-refractivity contribution is 5.81. The van der Waals surface area contributed by atoms with E-state index in [0.29, 0.717) is 25.7 Å². The van der Waals surface area contributed by atoms with E-state index in [1.165, 1.54) is 11.1 Å². The van der Waals surface area contributed by atoms with Gasteiger partial charge in [-0.05, 0) is 54.9 Å². The zero-order valence-electron chi connectivity index (χ0n) is 19.7. The summed E-state index contributed by atoms with van der Waals surface area (Å²) in [4.78, 5) is 36.5. The predicted octanol–water partition coefficient (Wildman–Crippen LogP) is 4.31. The minimum absolute atomic E-state index is 0.00219. The minimum atomic E-state index is -0.979. The average Bonchev–Trinajstić information content (AvgIpc) is 3.43. The van der Waals surface area contributed by atoms with Crippen LogP contribution in [-0.4, -0.2) is 42.3 Å². The van der Waals surface area contributed by atoms with Crippen LogP contribution in [0.2, 0.25) is 0 Å². The topological polar surface area (TPSA) is 105 Å². The van der Waals surface area contributed by atoms with Crippen molar-refractivity contribution in [2.75, 3.05) is 13.2 Å². The van der Waals surface area contributed by atoms with Gasteiger partial charge in [0.2, 0.25) is 5.91 Å². The number of hydrogen-bond donors (Lipinski definition) is 3. The second-order valence-corrected chi connectivity index (χ2v) is 9.61. The molecule has 2 aromatic carbocycles. The first-order chi connectivity index (χ1) is 16.3. The summed E-state index contributed by atoms with van der Waals surface area (Å²) in [6.45, 7) is 3.77. The summed E-state index contributed by atoms with van der Waals surface area (Å²) in [5.41, 5.74) is 3.70. The fourth-order valence-electron chi connectivity index (χ4n) is 4.94. The zero-order valence-corrected chi connectivity index (χ0v) is 19.7. The summed E-state index contributed by atoms with van der Waals surface area (Å²) in [7, 11) is 0. The van der Waals surface area contributed by atoms with Gasteiger partial charge in [0.15, 0.2) is 0 Å². The molecule has 1 saturated carbocycles. The van der Waals surface area contributed by atoms with Crippen LogP contribution in [0.1, 0.15) is 56.6 Å². The second-order valence-electron chi connectivity index (χ2n) is 9.61. The zero-order chi connectivity index (χ0) is 24.3. The molecule has 0 radical (unpaired) electrons. The molecule has 2 amide bonds. The van der Waals surface area contributed by atoms with Crippen molar-refractivity contribution in [3.8, 4) is 11.1 Å². The van der Waals surface area contributed by atoms with E-state index in [0.717, 1.165) is 11.1 Å². The van der Waals surface area contributed by atoms with Gasteiger partial charge in [-0.25, -0.2) is 4.79 Å². The van der Waals surface area contributed by atoms with Crippen LogP contribution in [0.3, 0.4) is 0 Å². The minimum Gasteiger partial charge on any atom is -0.481 e. The lowest BCUT2D eigenvalue weighted by atomic mass is 9.87. The molecule has 2 aromatic rings. The molecule has 34 heavy (non-hydrogen) atoms. The van der Waals surface area contributed by atoms with Gasteiger partial charge in [0.25, 0.3) is 0 Å². The van der Waals surface area contributed by atoms with E-state index in [9.17, 15) is 19.5 Å². The summed E-state index contributed by atoms with van der Waals surface area (Å²) in [6.07, 6.45) is 1.81. The first kappa shape index (κ1) is 23.8. The molecule has 0 spiro atoms. The Morgan fingerprint density at radius 1 is 1.03 bits per heavy atom. The molecule has 0 aromatic heterocycles. The molecule has 3 atom stereocenters. The van der Waals surface area contributed by atoms with E-state index in [4.69, 9.17) is 4.74 Å². The average molecular weight is 465 g/mol. The Hall–Kier alpha value is -3.35. The first-order valence-electron chi connectivity index (χ1n) is 11.9. The molecule has 1 fully saturated rings. The lowest BCUT2D eigenvalue weighted by Crippen LogP contribution is -2.42. The molecule has 0 aliphatic heterocycles. The molecule has 7 nitrogen and oxygen atoms in total. The van der Waals surface area contributed by atoms with Gasteiger partial charge in [0.05, 0.1) is 5.41 Å². The molecule has 3 N–H and O–H groups in total. The Bertz CT molecular complexity index is 1040. The summed E-state index contributed by atoms with van der Waals surface area (Å²) >= 11 is 0. The van der Waals surface area contributed by atoms with E-state index in [1.54, 1.807) is 13.8 Å². The second kappa shape index (κ2) is 9.87. The molecule has 0 bridgehead atoms. The monoisotopic (exact) mass is 464 g/mol. The quantitative estimate of drug-likeness (QED) is 0.540. The van der Waals surface area contributed by atoms with Gasteiger partial charge in [-0.1, -0.05) is 55.5 Å². The maximum atomic E-state index is 12.5. The lowest BCUT2D eigenvalue weighted by molar-refractivity contribution is -0.148. The lowest BCUT2D eigenvalue weighted by Gasteiger charge is -2.24. The van der Waals surface area contributed by atoms with Crippen LogP contribution in [0, 0.1) is 11.3 Å². The molecule has 4 rings (SSSR count). The third-order valence-corrected chi connectivity index (χ3v) is 7.42. The number of aliphatic carboxylic acids is 1. The number of carbonyl (C=O) groups excluding carboxylic acids is 2. The molecule has 180 valence electrons. The van der Waals surface area contributed by atoms with E-state index in [1.807, 2.05) is 24.3 Å². The molecular formula is C27H32N2O5. The number of fused-ring (bicyclic) bond motifs is 3. The largest absolute Gasteiger partial charge is 0.481 e. The standard InChI is InChI=1S/C27H32N2O5/c1-3-27(2,25(31)32)16-28-24(30)17-12-13-18(14-17)29-26(33)34-15-23-21-10-6-4-8-19(21)20-9-5-7-11-22(20)23/h4-11,17-18,23H,3,12-16H2,1-2H3,(H,28,30)(H,29,33)(H,31,32)/t17-,18+,27?/m1/s1. The number of benzene rings is 2. The van der Waals surface area contributed by atoms with E-state index in [2.05, 4.69) is 34.9 Å². The number of hydrogen-bond acceptors (Lipinski definition) is 4. The van der Waals surface area contributed by atoms with Crippen molar-refractivity contribution in [1.29, 1.82) is 0 Å². The van der Waals surface area contributed by atoms with Gasteiger partial charge < -0.3 is 20.5 Å². The molecule has 0 heterocycles. The highest BCUT2D eigenvalue weighted by Crippen LogP contribution is 2.44. The Morgan fingerprint density at radius 2 is 1.65 bits per heavy atom. The molecular weight excluding hydrogens is 432 g/mol. The Kier molecular flexibility index (Phi) is 6.91. The smallest absolute Gasteiger partial charge is 0.407 e. The summed E-state index contributed by atoms with van der Waals surface area (Å²) in [5, 5.41) is 15.1. The number of rotatable bonds is 8. The fraction of sp³-hybridized carbons (Fsp3) is 0.444. The third kappa shape index (κ3) is 4.79. The number of ether oxygens (including phenoxy) is 1. The number of alkyl carbamates (subject to hydrolysis) is 1. The fourth-order valence-corrected chi connectivity index (χ4v) is 4.94. The van der Waals surface area contributed by atoms with Gasteiger partial charge >= 0.3 is 12.1 Å². The van der Waals surface area contributed by atoms with Gasteiger partial charge in [-0.15, -0.1) is 0 Å². The number of carbonyl (C=O) groups is 3. The van der Waals surface area contributed by atoms with Gasteiger partial charge in [0, 0.05) is 24.4 Å². The van der Waals surface area contributed by atoms with Crippen molar-refractivity contribution < 1.29 is 24.2 Å².